The van der Waals surface area contributed by atoms with Crippen LogP contribution in [0.5, 0.6) is 0 Å². The molecule has 1 rings (SSSR count). The standard InChI is InChI=1S/C13H26N2O/c1-11(7-6-8-12(2)14)13(16)15-9-4-3-5-10-15/h11-12H,3-10,14H2,1-2H3. The maximum Gasteiger partial charge on any atom is 0.225 e. The number of piperidine rings is 1. The second-order valence-corrected chi connectivity index (χ2v) is 5.20. The smallest absolute Gasteiger partial charge is 0.225 e. The van der Waals surface area contributed by atoms with Gasteiger partial charge in [-0.2, -0.15) is 0 Å². The zero-order chi connectivity index (χ0) is 12.0. The number of carbonyl (C=O) groups is 1. The first kappa shape index (κ1) is 13.5. The normalized spacial score (nSPS) is 20.6. The quantitative estimate of drug-likeness (QED) is 0.781. The van der Waals surface area contributed by atoms with E-state index in [1.54, 1.807) is 0 Å². The Morgan fingerprint density at radius 3 is 2.38 bits per heavy atom. The summed E-state index contributed by atoms with van der Waals surface area (Å²) in [5.74, 6) is 0.529. The van der Waals surface area contributed by atoms with Crippen LogP contribution in [0.1, 0.15) is 52.4 Å². The van der Waals surface area contributed by atoms with Crippen LogP contribution in [0.4, 0.5) is 0 Å². The van der Waals surface area contributed by atoms with Gasteiger partial charge >= 0.3 is 0 Å². The van der Waals surface area contributed by atoms with E-state index in [0.717, 1.165) is 32.4 Å². The van der Waals surface area contributed by atoms with E-state index in [2.05, 4.69) is 6.92 Å². The Kier molecular flexibility index (Phi) is 5.81. The van der Waals surface area contributed by atoms with Crippen LogP contribution in [0.25, 0.3) is 0 Å². The van der Waals surface area contributed by atoms with Gasteiger partial charge in [0.1, 0.15) is 0 Å². The number of nitrogens with zero attached hydrogens (tertiary/aromatic N) is 1. The molecule has 1 aliphatic heterocycles. The highest BCUT2D eigenvalue weighted by atomic mass is 16.2. The van der Waals surface area contributed by atoms with Gasteiger partial charge in [0.05, 0.1) is 0 Å². The predicted molar refractivity (Wildman–Crippen MR) is 67.1 cm³/mol. The Bertz CT molecular complexity index is 210. The van der Waals surface area contributed by atoms with Gasteiger partial charge in [-0.05, 0) is 39.0 Å². The molecule has 0 aliphatic carbocycles. The minimum atomic E-state index is 0.178. The van der Waals surface area contributed by atoms with Crippen molar-refractivity contribution in [3.8, 4) is 0 Å². The third kappa shape index (κ3) is 4.52. The van der Waals surface area contributed by atoms with E-state index in [-0.39, 0.29) is 12.0 Å². The minimum absolute atomic E-state index is 0.178. The molecule has 0 aromatic carbocycles. The van der Waals surface area contributed by atoms with Gasteiger partial charge in [-0.25, -0.2) is 0 Å². The van der Waals surface area contributed by atoms with Crippen molar-refractivity contribution in [2.75, 3.05) is 13.1 Å². The molecule has 2 N–H and O–H groups in total. The van der Waals surface area contributed by atoms with Gasteiger partial charge in [0.15, 0.2) is 0 Å². The molecule has 3 nitrogen and oxygen atoms in total. The maximum absolute atomic E-state index is 12.1. The summed E-state index contributed by atoms with van der Waals surface area (Å²) in [5, 5.41) is 0. The van der Waals surface area contributed by atoms with Crippen LogP contribution < -0.4 is 5.73 Å². The first-order valence-corrected chi connectivity index (χ1v) is 6.65. The van der Waals surface area contributed by atoms with Gasteiger partial charge < -0.3 is 10.6 Å². The summed E-state index contributed by atoms with van der Waals surface area (Å²) < 4.78 is 0. The fourth-order valence-corrected chi connectivity index (χ4v) is 2.30. The molecular formula is C13H26N2O. The lowest BCUT2D eigenvalue weighted by Gasteiger charge is -2.29. The Morgan fingerprint density at radius 1 is 1.19 bits per heavy atom. The zero-order valence-corrected chi connectivity index (χ0v) is 10.7. The summed E-state index contributed by atoms with van der Waals surface area (Å²) >= 11 is 0. The molecule has 1 heterocycles. The van der Waals surface area contributed by atoms with Gasteiger partial charge in [0.25, 0.3) is 0 Å². The summed E-state index contributed by atoms with van der Waals surface area (Å²) in [7, 11) is 0. The molecule has 1 saturated heterocycles. The van der Waals surface area contributed by atoms with Gasteiger partial charge in [0, 0.05) is 25.0 Å². The number of amides is 1. The molecule has 0 aromatic rings. The molecule has 0 radical (unpaired) electrons. The van der Waals surface area contributed by atoms with Crippen LogP contribution in [0.3, 0.4) is 0 Å². The van der Waals surface area contributed by atoms with E-state index < -0.39 is 0 Å². The molecule has 1 aliphatic rings. The number of hydrogen-bond donors (Lipinski definition) is 1. The third-order valence-electron chi connectivity index (χ3n) is 3.39. The second-order valence-electron chi connectivity index (χ2n) is 5.20. The predicted octanol–water partition coefficient (Wildman–Crippen LogP) is 2.15. The molecule has 1 amide bonds. The lowest BCUT2D eigenvalue weighted by molar-refractivity contribution is -0.136. The monoisotopic (exact) mass is 226 g/mol. The van der Waals surface area contributed by atoms with Gasteiger partial charge in [-0.1, -0.05) is 13.3 Å². The molecule has 94 valence electrons. The second kappa shape index (κ2) is 6.89. The molecule has 2 atom stereocenters. The molecule has 0 saturated carbocycles. The number of likely N-dealkylation sites (tertiary alicyclic amines) is 1. The van der Waals surface area contributed by atoms with E-state index >= 15 is 0 Å². The van der Waals surface area contributed by atoms with Crippen LogP contribution in [0.2, 0.25) is 0 Å². The number of rotatable bonds is 5. The van der Waals surface area contributed by atoms with E-state index in [9.17, 15) is 4.79 Å². The Hall–Kier alpha value is -0.570. The van der Waals surface area contributed by atoms with Crippen LogP contribution in [0, 0.1) is 5.92 Å². The van der Waals surface area contributed by atoms with E-state index in [1.807, 2.05) is 11.8 Å². The largest absolute Gasteiger partial charge is 0.342 e. The van der Waals surface area contributed by atoms with Crippen molar-refractivity contribution in [3.05, 3.63) is 0 Å². The summed E-state index contributed by atoms with van der Waals surface area (Å²) in [4.78, 5) is 14.1. The fourth-order valence-electron chi connectivity index (χ4n) is 2.30. The average molecular weight is 226 g/mol. The Labute approximate surface area is 99.4 Å². The van der Waals surface area contributed by atoms with Gasteiger partial charge in [-0.15, -0.1) is 0 Å². The summed E-state index contributed by atoms with van der Waals surface area (Å²) in [6.45, 7) is 6.02. The SMILES string of the molecule is CC(N)CCCC(C)C(=O)N1CCCCC1. The number of hydrogen-bond acceptors (Lipinski definition) is 2. The first-order valence-electron chi connectivity index (χ1n) is 6.65. The molecular weight excluding hydrogens is 200 g/mol. The zero-order valence-electron chi connectivity index (χ0n) is 10.7. The fraction of sp³-hybridized carbons (Fsp3) is 0.923. The first-order chi connectivity index (χ1) is 7.61. The highest BCUT2D eigenvalue weighted by molar-refractivity contribution is 5.78. The minimum Gasteiger partial charge on any atom is -0.342 e. The molecule has 1 fully saturated rings. The van der Waals surface area contributed by atoms with Crippen molar-refractivity contribution in [2.24, 2.45) is 11.7 Å². The van der Waals surface area contributed by atoms with Gasteiger partial charge in [-0.3, -0.25) is 4.79 Å². The van der Waals surface area contributed by atoms with Crippen molar-refractivity contribution in [2.45, 2.75) is 58.4 Å². The van der Waals surface area contributed by atoms with Crippen LogP contribution in [-0.2, 0) is 4.79 Å². The highest BCUT2D eigenvalue weighted by Crippen LogP contribution is 2.16. The molecule has 0 aromatic heterocycles. The number of carbonyl (C=O) groups excluding carboxylic acids is 1. The van der Waals surface area contributed by atoms with Crippen LogP contribution >= 0.6 is 0 Å². The van der Waals surface area contributed by atoms with Crippen LogP contribution in [-0.4, -0.2) is 29.9 Å². The topological polar surface area (TPSA) is 46.3 Å². The lowest BCUT2D eigenvalue weighted by Crippen LogP contribution is -2.39. The molecule has 16 heavy (non-hydrogen) atoms. The van der Waals surface area contributed by atoms with E-state index in [4.69, 9.17) is 5.73 Å². The summed E-state index contributed by atoms with van der Waals surface area (Å²) in [5.41, 5.74) is 5.70. The third-order valence-corrected chi connectivity index (χ3v) is 3.39. The van der Waals surface area contributed by atoms with Crippen molar-refractivity contribution in [1.82, 2.24) is 4.90 Å². The van der Waals surface area contributed by atoms with E-state index in [0.29, 0.717) is 5.91 Å². The molecule has 2 unspecified atom stereocenters. The number of nitrogens with two attached hydrogens (primary N) is 1. The van der Waals surface area contributed by atoms with Crippen molar-refractivity contribution >= 4 is 5.91 Å². The maximum atomic E-state index is 12.1. The molecule has 3 heteroatoms. The Morgan fingerprint density at radius 2 is 1.81 bits per heavy atom. The van der Waals surface area contributed by atoms with Crippen molar-refractivity contribution in [3.63, 3.8) is 0 Å². The van der Waals surface area contributed by atoms with Gasteiger partial charge in [0.2, 0.25) is 5.91 Å². The Balaban J connectivity index is 2.23. The van der Waals surface area contributed by atoms with Crippen LogP contribution in [0.15, 0.2) is 0 Å². The van der Waals surface area contributed by atoms with E-state index in [1.165, 1.54) is 19.3 Å². The van der Waals surface area contributed by atoms with Crippen molar-refractivity contribution < 1.29 is 4.79 Å². The molecule has 0 bridgehead atoms. The summed E-state index contributed by atoms with van der Waals surface area (Å²) in [6, 6.07) is 0.261. The lowest BCUT2D eigenvalue weighted by atomic mass is 9.99. The summed E-state index contributed by atoms with van der Waals surface area (Å²) in [6.07, 6.45) is 6.71. The van der Waals surface area contributed by atoms with Crippen molar-refractivity contribution in [1.29, 1.82) is 0 Å². The average Bonchev–Trinajstić information content (AvgIpc) is 2.28. The highest BCUT2D eigenvalue weighted by Gasteiger charge is 2.21. The molecule has 0 spiro atoms.